The van der Waals surface area contributed by atoms with Gasteiger partial charge < -0.3 is 15.5 Å². The lowest BCUT2D eigenvalue weighted by atomic mass is 9.95. The third-order valence-electron chi connectivity index (χ3n) is 6.43. The fraction of sp³-hybridized carbons (Fsp3) is 0.320. The molecule has 4 aromatic rings. The van der Waals surface area contributed by atoms with E-state index in [9.17, 15) is 4.79 Å². The predicted octanol–water partition coefficient (Wildman–Crippen LogP) is 4.36. The molecule has 4 heterocycles. The van der Waals surface area contributed by atoms with E-state index in [1.165, 1.54) is 0 Å². The van der Waals surface area contributed by atoms with Gasteiger partial charge in [-0.25, -0.2) is 15.0 Å². The molecule has 1 saturated heterocycles. The Morgan fingerprint density at radius 1 is 1.12 bits per heavy atom. The average molecular weight is 476 g/mol. The number of carbonyl (C=O) groups excluding carboxylic acids is 1. The molecule has 0 saturated carbocycles. The first kappa shape index (κ1) is 22.3. The highest BCUT2D eigenvalue weighted by molar-refractivity contribution is 6.35. The zero-order valence-corrected chi connectivity index (χ0v) is 19.9. The molecular weight excluding hydrogens is 450 g/mol. The highest BCUT2D eigenvalue weighted by Gasteiger charge is 2.28. The summed E-state index contributed by atoms with van der Waals surface area (Å²) < 4.78 is 0. The van der Waals surface area contributed by atoms with Gasteiger partial charge in [0.2, 0.25) is 5.91 Å². The van der Waals surface area contributed by atoms with Gasteiger partial charge >= 0.3 is 0 Å². The minimum atomic E-state index is -0.109. The van der Waals surface area contributed by atoms with Crippen molar-refractivity contribution < 1.29 is 4.79 Å². The van der Waals surface area contributed by atoms with E-state index in [-0.39, 0.29) is 17.9 Å². The van der Waals surface area contributed by atoms with Gasteiger partial charge in [-0.05, 0) is 44.0 Å². The lowest BCUT2D eigenvalue weighted by molar-refractivity contribution is -0.125. The Hall–Kier alpha value is -3.52. The number of aromatic nitrogens is 4. The zero-order chi connectivity index (χ0) is 23.7. The summed E-state index contributed by atoms with van der Waals surface area (Å²) in [5.41, 5.74) is 3.32. The molecule has 9 heteroatoms. The van der Waals surface area contributed by atoms with Gasteiger partial charge in [0.25, 0.3) is 0 Å². The number of para-hydroxylation sites is 1. The number of nitrogens with zero attached hydrogens (tertiary/aromatic N) is 5. The molecule has 1 aliphatic rings. The molecule has 5 rings (SSSR count). The monoisotopic (exact) mass is 475 g/mol. The van der Waals surface area contributed by atoms with E-state index in [0.717, 1.165) is 59.2 Å². The molecule has 1 fully saturated rings. The van der Waals surface area contributed by atoms with Gasteiger partial charge in [0.15, 0.2) is 5.82 Å². The van der Waals surface area contributed by atoms with Crippen molar-refractivity contribution in [3.05, 3.63) is 59.5 Å². The number of piperidine rings is 1. The van der Waals surface area contributed by atoms with E-state index < -0.39 is 0 Å². The third-order valence-corrected chi connectivity index (χ3v) is 6.74. The van der Waals surface area contributed by atoms with Gasteiger partial charge in [-0.15, -0.1) is 0 Å². The van der Waals surface area contributed by atoms with Crippen LogP contribution in [0.4, 0.5) is 11.6 Å². The zero-order valence-electron chi connectivity index (χ0n) is 19.1. The van der Waals surface area contributed by atoms with E-state index in [1.807, 2.05) is 30.3 Å². The molecule has 0 unspecified atom stereocenters. The molecule has 3 aromatic heterocycles. The van der Waals surface area contributed by atoms with Gasteiger partial charge in [-0.3, -0.25) is 9.78 Å². The van der Waals surface area contributed by atoms with Crippen molar-refractivity contribution in [2.45, 2.75) is 25.8 Å². The van der Waals surface area contributed by atoms with Crippen molar-refractivity contribution in [1.29, 1.82) is 0 Å². The number of benzene rings is 1. The number of halogens is 1. The maximum atomic E-state index is 12.1. The Labute approximate surface area is 202 Å². The third kappa shape index (κ3) is 4.21. The van der Waals surface area contributed by atoms with Gasteiger partial charge in [0.05, 0.1) is 22.1 Å². The smallest absolute Gasteiger partial charge is 0.222 e. The van der Waals surface area contributed by atoms with Crippen LogP contribution < -0.4 is 15.5 Å². The van der Waals surface area contributed by atoms with Crippen LogP contribution in [0.3, 0.4) is 0 Å². The highest BCUT2D eigenvalue weighted by Crippen LogP contribution is 2.35. The summed E-state index contributed by atoms with van der Waals surface area (Å²) in [7, 11) is 1.69. The van der Waals surface area contributed by atoms with Gasteiger partial charge in [0, 0.05) is 43.2 Å². The van der Waals surface area contributed by atoms with E-state index >= 15 is 0 Å². The number of anilines is 2. The summed E-state index contributed by atoms with van der Waals surface area (Å²) in [5, 5.41) is 7.89. The van der Waals surface area contributed by atoms with Crippen molar-refractivity contribution in [2.24, 2.45) is 5.92 Å². The Bertz CT molecular complexity index is 1350. The quantitative estimate of drug-likeness (QED) is 0.442. The Morgan fingerprint density at radius 2 is 1.94 bits per heavy atom. The summed E-state index contributed by atoms with van der Waals surface area (Å²) in [5.74, 6) is 1.69. The Balaban J connectivity index is 1.52. The fourth-order valence-electron chi connectivity index (χ4n) is 4.58. The van der Waals surface area contributed by atoms with Crippen LogP contribution in [0.2, 0.25) is 5.02 Å². The molecule has 34 heavy (non-hydrogen) atoms. The van der Waals surface area contributed by atoms with Crippen molar-refractivity contribution >= 4 is 51.1 Å². The first-order valence-corrected chi connectivity index (χ1v) is 11.8. The maximum absolute atomic E-state index is 12.1. The van der Waals surface area contributed by atoms with Crippen LogP contribution in [0.1, 0.15) is 31.4 Å². The standard InChI is InChI=1S/C25H26ClN7O/c1-15(31-23-22-20(29-14-30-23)7-4-10-28-22)18-13-17-5-3-6-19(26)21(17)32-24(18)33-11-8-16(9-12-33)25(34)27-2/h3-7,10,13-16H,8-9,11-12H2,1-2H3,(H,27,34)(H,29,30,31)/t15-/m0/s1. The lowest BCUT2D eigenvalue weighted by Gasteiger charge is -2.34. The van der Waals surface area contributed by atoms with Crippen LogP contribution >= 0.6 is 11.6 Å². The maximum Gasteiger partial charge on any atom is 0.222 e. The topological polar surface area (TPSA) is 95.9 Å². The predicted molar refractivity (Wildman–Crippen MR) is 135 cm³/mol. The Kier molecular flexibility index (Phi) is 6.15. The van der Waals surface area contributed by atoms with Crippen LogP contribution in [0, 0.1) is 5.92 Å². The molecule has 0 bridgehead atoms. The number of amides is 1. The summed E-state index contributed by atoms with van der Waals surface area (Å²) in [6.07, 6.45) is 4.85. The van der Waals surface area contributed by atoms with E-state index in [4.69, 9.17) is 16.6 Å². The van der Waals surface area contributed by atoms with Crippen LogP contribution in [0.15, 0.2) is 48.9 Å². The van der Waals surface area contributed by atoms with Gasteiger partial charge in [-0.1, -0.05) is 23.7 Å². The largest absolute Gasteiger partial charge is 0.361 e. The first-order valence-electron chi connectivity index (χ1n) is 11.4. The number of pyridine rings is 2. The summed E-state index contributed by atoms with van der Waals surface area (Å²) in [4.78, 5) is 32.6. The van der Waals surface area contributed by atoms with Crippen molar-refractivity contribution in [2.75, 3.05) is 30.4 Å². The molecule has 0 radical (unpaired) electrons. The number of rotatable bonds is 5. The molecule has 1 atom stereocenters. The fourth-order valence-corrected chi connectivity index (χ4v) is 4.80. The van der Waals surface area contributed by atoms with E-state index in [2.05, 4.69) is 43.5 Å². The molecule has 1 aliphatic heterocycles. The molecule has 8 nitrogen and oxygen atoms in total. The SMILES string of the molecule is CNC(=O)C1CCN(c2nc3c(Cl)cccc3cc2[C@H](C)Nc2ncnc3cccnc23)CC1. The summed E-state index contributed by atoms with van der Waals surface area (Å²) >= 11 is 6.50. The van der Waals surface area contributed by atoms with Crippen LogP contribution in [0.25, 0.3) is 21.9 Å². The number of carbonyl (C=O) groups is 1. The Morgan fingerprint density at radius 3 is 2.74 bits per heavy atom. The molecule has 1 aromatic carbocycles. The molecule has 1 amide bonds. The molecular formula is C25H26ClN7O. The van der Waals surface area contributed by atoms with Crippen molar-refractivity contribution in [3.8, 4) is 0 Å². The van der Waals surface area contributed by atoms with Crippen molar-refractivity contribution in [1.82, 2.24) is 25.3 Å². The highest BCUT2D eigenvalue weighted by atomic mass is 35.5. The normalized spacial score (nSPS) is 15.4. The first-order chi connectivity index (χ1) is 16.5. The van der Waals surface area contributed by atoms with Crippen LogP contribution in [0.5, 0.6) is 0 Å². The minimum absolute atomic E-state index is 0.0303. The number of hydrogen-bond acceptors (Lipinski definition) is 7. The number of hydrogen-bond donors (Lipinski definition) is 2. The average Bonchev–Trinajstić information content (AvgIpc) is 2.88. The van der Waals surface area contributed by atoms with E-state index in [1.54, 1.807) is 19.6 Å². The minimum Gasteiger partial charge on any atom is -0.361 e. The summed E-state index contributed by atoms with van der Waals surface area (Å²) in [6, 6.07) is 11.6. The van der Waals surface area contributed by atoms with Crippen LogP contribution in [-0.2, 0) is 4.79 Å². The summed E-state index contributed by atoms with van der Waals surface area (Å²) in [6.45, 7) is 3.59. The number of fused-ring (bicyclic) bond motifs is 2. The second-order valence-electron chi connectivity index (χ2n) is 8.55. The van der Waals surface area contributed by atoms with Gasteiger partial charge in [0.1, 0.15) is 17.7 Å². The molecule has 174 valence electrons. The van der Waals surface area contributed by atoms with Crippen molar-refractivity contribution in [3.63, 3.8) is 0 Å². The van der Waals surface area contributed by atoms with Gasteiger partial charge in [-0.2, -0.15) is 0 Å². The molecule has 0 aliphatic carbocycles. The second kappa shape index (κ2) is 9.38. The molecule has 2 N–H and O–H groups in total. The van der Waals surface area contributed by atoms with E-state index in [0.29, 0.717) is 10.8 Å². The lowest BCUT2D eigenvalue weighted by Crippen LogP contribution is -2.40. The van der Waals surface area contributed by atoms with Crippen LogP contribution in [-0.4, -0.2) is 46.0 Å². The second-order valence-corrected chi connectivity index (χ2v) is 8.95. The molecule has 0 spiro atoms. The number of nitrogens with one attached hydrogen (secondary N) is 2.